The Balaban J connectivity index is 1.52. The predicted octanol–water partition coefficient (Wildman–Crippen LogP) is 4.26. The Morgan fingerprint density at radius 2 is 1.70 bits per heavy atom. The molecule has 0 aliphatic heterocycles. The van der Waals surface area contributed by atoms with Gasteiger partial charge in [-0.05, 0) is 62.9 Å². The fraction of sp³-hybridized carbons (Fsp3) is 0.429. The van der Waals surface area contributed by atoms with Crippen molar-refractivity contribution in [1.29, 1.82) is 0 Å². The number of amides is 1. The van der Waals surface area contributed by atoms with Gasteiger partial charge in [-0.1, -0.05) is 11.6 Å². The molecule has 1 amide bonds. The van der Waals surface area contributed by atoms with Crippen LogP contribution in [0.2, 0.25) is 5.02 Å². The van der Waals surface area contributed by atoms with E-state index in [9.17, 15) is 4.79 Å². The van der Waals surface area contributed by atoms with Crippen LogP contribution in [0.5, 0.6) is 0 Å². The van der Waals surface area contributed by atoms with E-state index in [2.05, 4.69) is 32.7 Å². The second-order valence-electron chi connectivity index (χ2n) is 7.42. The van der Waals surface area contributed by atoms with Crippen molar-refractivity contribution >= 4 is 29.0 Å². The third kappa shape index (κ3) is 5.36. The van der Waals surface area contributed by atoms with Gasteiger partial charge in [-0.3, -0.25) is 4.79 Å². The largest absolute Gasteiger partial charge is 0.377 e. The molecule has 144 valence electrons. The number of hydrogen-bond donors (Lipinski definition) is 2. The molecule has 27 heavy (non-hydrogen) atoms. The van der Waals surface area contributed by atoms with Gasteiger partial charge in [0.2, 0.25) is 0 Å². The number of carbonyl (C=O) groups excluding carboxylic acids is 1. The summed E-state index contributed by atoms with van der Waals surface area (Å²) in [6.45, 7) is 2.02. The second kappa shape index (κ2) is 8.61. The molecule has 1 fully saturated rings. The van der Waals surface area contributed by atoms with Crippen LogP contribution in [0.3, 0.4) is 0 Å². The topological polar surface area (TPSA) is 57.3 Å². The maximum absolute atomic E-state index is 12.4. The molecule has 2 aromatic rings. The predicted molar refractivity (Wildman–Crippen MR) is 112 cm³/mol. The molecule has 6 heteroatoms. The van der Waals surface area contributed by atoms with Crippen LogP contribution < -0.4 is 15.5 Å². The molecular formula is C21H27ClN4O. The summed E-state index contributed by atoms with van der Waals surface area (Å²) in [6.07, 6.45) is 3.95. The number of hydrogen-bond acceptors (Lipinski definition) is 4. The molecule has 0 bridgehead atoms. The molecule has 2 N–H and O–H groups in total. The molecule has 1 aromatic carbocycles. The van der Waals surface area contributed by atoms with E-state index in [1.165, 1.54) is 0 Å². The van der Waals surface area contributed by atoms with Gasteiger partial charge >= 0.3 is 0 Å². The summed E-state index contributed by atoms with van der Waals surface area (Å²) in [6, 6.07) is 11.8. The normalized spacial score (nSPS) is 19.4. The van der Waals surface area contributed by atoms with Crippen molar-refractivity contribution in [2.24, 2.45) is 0 Å². The number of pyridine rings is 1. The molecule has 0 radical (unpaired) electrons. The SMILES string of the molecule is Cc1cc(N(C)C)cc(NC2CCC(NC(=O)c3ccc(Cl)cc3)CC2)n1. The molecule has 0 spiro atoms. The highest BCUT2D eigenvalue weighted by atomic mass is 35.5. The number of benzene rings is 1. The lowest BCUT2D eigenvalue weighted by Crippen LogP contribution is -2.40. The smallest absolute Gasteiger partial charge is 0.251 e. The maximum atomic E-state index is 12.4. The second-order valence-corrected chi connectivity index (χ2v) is 7.86. The summed E-state index contributed by atoms with van der Waals surface area (Å²) in [4.78, 5) is 19.0. The number of aromatic nitrogens is 1. The highest BCUT2D eigenvalue weighted by molar-refractivity contribution is 6.30. The highest BCUT2D eigenvalue weighted by Gasteiger charge is 2.23. The van der Waals surface area contributed by atoms with Crippen molar-refractivity contribution in [3.63, 3.8) is 0 Å². The third-order valence-electron chi connectivity index (χ3n) is 4.98. The van der Waals surface area contributed by atoms with Gasteiger partial charge in [0.25, 0.3) is 5.91 Å². The zero-order chi connectivity index (χ0) is 19.4. The van der Waals surface area contributed by atoms with E-state index < -0.39 is 0 Å². The molecule has 5 nitrogen and oxygen atoms in total. The summed E-state index contributed by atoms with van der Waals surface area (Å²) in [5, 5.41) is 7.34. The van der Waals surface area contributed by atoms with Crippen LogP contribution in [0, 0.1) is 6.92 Å². The van der Waals surface area contributed by atoms with E-state index in [0.29, 0.717) is 16.6 Å². The molecule has 1 aliphatic rings. The Morgan fingerprint density at radius 1 is 1.07 bits per heavy atom. The number of aryl methyl sites for hydroxylation is 1. The zero-order valence-electron chi connectivity index (χ0n) is 16.1. The van der Waals surface area contributed by atoms with Gasteiger partial charge in [0, 0.05) is 54.2 Å². The Bertz CT molecular complexity index is 783. The monoisotopic (exact) mass is 386 g/mol. The maximum Gasteiger partial charge on any atom is 0.251 e. The van der Waals surface area contributed by atoms with Gasteiger partial charge in [-0.15, -0.1) is 0 Å². The lowest BCUT2D eigenvalue weighted by molar-refractivity contribution is 0.0926. The van der Waals surface area contributed by atoms with Crippen molar-refractivity contribution in [1.82, 2.24) is 10.3 Å². The van der Waals surface area contributed by atoms with E-state index in [1.54, 1.807) is 24.3 Å². The van der Waals surface area contributed by atoms with Gasteiger partial charge in [0.15, 0.2) is 0 Å². The summed E-state index contributed by atoms with van der Waals surface area (Å²) >= 11 is 5.88. The number of rotatable bonds is 5. The summed E-state index contributed by atoms with van der Waals surface area (Å²) in [5.74, 6) is 0.895. The van der Waals surface area contributed by atoms with Crippen LogP contribution in [0.15, 0.2) is 36.4 Å². The average molecular weight is 387 g/mol. The van der Waals surface area contributed by atoms with E-state index >= 15 is 0 Å². The van der Waals surface area contributed by atoms with Crippen molar-refractivity contribution in [3.8, 4) is 0 Å². The Hall–Kier alpha value is -2.27. The first-order valence-electron chi connectivity index (χ1n) is 9.39. The van der Waals surface area contributed by atoms with Crippen molar-refractivity contribution < 1.29 is 4.79 Å². The standard InChI is InChI=1S/C21H27ClN4O/c1-14-12-19(26(2)3)13-20(23-14)24-17-8-10-18(11-9-17)25-21(27)15-4-6-16(22)7-5-15/h4-7,12-13,17-18H,8-11H2,1-3H3,(H,23,24)(H,25,27). The van der Waals surface area contributed by atoms with Crippen molar-refractivity contribution in [3.05, 3.63) is 52.7 Å². The number of nitrogens with one attached hydrogen (secondary N) is 2. The van der Waals surface area contributed by atoms with Gasteiger partial charge < -0.3 is 15.5 Å². The molecule has 0 atom stereocenters. The molecule has 1 saturated carbocycles. The summed E-state index contributed by atoms with van der Waals surface area (Å²) in [7, 11) is 4.07. The van der Waals surface area contributed by atoms with E-state index in [0.717, 1.165) is 42.9 Å². The van der Waals surface area contributed by atoms with Gasteiger partial charge in [0.1, 0.15) is 5.82 Å². The number of carbonyl (C=O) groups is 1. The lowest BCUT2D eigenvalue weighted by Gasteiger charge is -2.30. The number of anilines is 2. The van der Waals surface area contributed by atoms with Gasteiger partial charge in [-0.2, -0.15) is 0 Å². The fourth-order valence-corrected chi connectivity index (χ4v) is 3.57. The fourth-order valence-electron chi connectivity index (χ4n) is 3.44. The van der Waals surface area contributed by atoms with Crippen LogP contribution in [-0.2, 0) is 0 Å². The van der Waals surface area contributed by atoms with Crippen LogP contribution >= 0.6 is 11.6 Å². The molecular weight excluding hydrogens is 360 g/mol. The van der Waals surface area contributed by atoms with E-state index in [1.807, 2.05) is 21.0 Å². The average Bonchev–Trinajstić information content (AvgIpc) is 2.63. The highest BCUT2D eigenvalue weighted by Crippen LogP contribution is 2.24. The quantitative estimate of drug-likeness (QED) is 0.806. The minimum absolute atomic E-state index is 0.0287. The first-order chi connectivity index (χ1) is 12.9. The Labute approximate surface area is 166 Å². The van der Waals surface area contributed by atoms with Crippen LogP contribution in [0.25, 0.3) is 0 Å². The number of nitrogens with zero attached hydrogens (tertiary/aromatic N) is 2. The summed E-state index contributed by atoms with van der Waals surface area (Å²) < 4.78 is 0. The Kier molecular flexibility index (Phi) is 6.22. The van der Waals surface area contributed by atoms with Gasteiger partial charge in [-0.25, -0.2) is 4.98 Å². The van der Waals surface area contributed by atoms with Crippen molar-refractivity contribution in [2.45, 2.75) is 44.7 Å². The minimum atomic E-state index is -0.0287. The molecule has 3 rings (SSSR count). The van der Waals surface area contributed by atoms with E-state index in [4.69, 9.17) is 11.6 Å². The van der Waals surface area contributed by atoms with Gasteiger partial charge in [0.05, 0.1) is 0 Å². The molecule has 0 unspecified atom stereocenters. The number of halogens is 1. The van der Waals surface area contributed by atoms with E-state index in [-0.39, 0.29) is 11.9 Å². The lowest BCUT2D eigenvalue weighted by atomic mass is 9.91. The molecule has 1 heterocycles. The Morgan fingerprint density at radius 3 is 2.33 bits per heavy atom. The molecule has 1 aliphatic carbocycles. The minimum Gasteiger partial charge on any atom is -0.377 e. The molecule has 0 saturated heterocycles. The summed E-state index contributed by atoms with van der Waals surface area (Å²) in [5.41, 5.74) is 2.81. The first kappa shape index (κ1) is 19.5. The molecule has 1 aromatic heterocycles. The van der Waals surface area contributed by atoms with Crippen molar-refractivity contribution in [2.75, 3.05) is 24.3 Å². The first-order valence-corrected chi connectivity index (χ1v) is 9.77. The van der Waals surface area contributed by atoms with Crippen LogP contribution in [-0.4, -0.2) is 37.1 Å². The third-order valence-corrected chi connectivity index (χ3v) is 5.23. The van der Waals surface area contributed by atoms with Crippen LogP contribution in [0.1, 0.15) is 41.7 Å². The zero-order valence-corrected chi connectivity index (χ0v) is 16.9. The van der Waals surface area contributed by atoms with Crippen LogP contribution in [0.4, 0.5) is 11.5 Å².